The zero-order valence-corrected chi connectivity index (χ0v) is 13.7. The van der Waals surface area contributed by atoms with Gasteiger partial charge in [0.2, 0.25) is 0 Å². The summed E-state index contributed by atoms with van der Waals surface area (Å²) in [5.41, 5.74) is 1.89. The van der Waals surface area contributed by atoms with E-state index in [0.29, 0.717) is 12.1 Å². The SMILES string of the molecule is CC1(C)CN([C@@H](c2cccc(F)c2)[C@H](O)CO)c2ccc(F)cc21. The molecule has 24 heavy (non-hydrogen) atoms. The fraction of sp³-hybridized carbons (Fsp3) is 0.368. The Morgan fingerprint density at radius 3 is 2.50 bits per heavy atom. The summed E-state index contributed by atoms with van der Waals surface area (Å²) in [6.07, 6.45) is -1.08. The van der Waals surface area contributed by atoms with Crippen molar-refractivity contribution in [3.05, 3.63) is 65.2 Å². The lowest BCUT2D eigenvalue weighted by Crippen LogP contribution is -2.40. The van der Waals surface area contributed by atoms with Gasteiger partial charge in [-0.2, -0.15) is 0 Å². The topological polar surface area (TPSA) is 43.7 Å². The van der Waals surface area contributed by atoms with Crippen LogP contribution in [0, 0.1) is 11.6 Å². The molecule has 2 aromatic rings. The summed E-state index contributed by atoms with van der Waals surface area (Å²) in [4.78, 5) is 1.92. The van der Waals surface area contributed by atoms with Crippen molar-refractivity contribution in [2.24, 2.45) is 0 Å². The molecule has 128 valence electrons. The Kier molecular flexibility index (Phi) is 4.32. The van der Waals surface area contributed by atoms with Gasteiger partial charge in [-0.1, -0.05) is 26.0 Å². The van der Waals surface area contributed by atoms with Gasteiger partial charge in [0, 0.05) is 17.6 Å². The molecule has 0 spiro atoms. The van der Waals surface area contributed by atoms with Crippen molar-refractivity contribution in [2.45, 2.75) is 31.4 Å². The summed E-state index contributed by atoms with van der Waals surface area (Å²) in [6.45, 7) is 4.08. The van der Waals surface area contributed by atoms with Gasteiger partial charge in [-0.3, -0.25) is 0 Å². The summed E-state index contributed by atoms with van der Waals surface area (Å²) in [5, 5.41) is 19.9. The zero-order chi connectivity index (χ0) is 17.5. The third kappa shape index (κ3) is 2.89. The largest absolute Gasteiger partial charge is 0.394 e. The van der Waals surface area contributed by atoms with Crippen molar-refractivity contribution in [2.75, 3.05) is 18.1 Å². The van der Waals surface area contributed by atoms with Crippen LogP contribution in [0.2, 0.25) is 0 Å². The molecule has 0 bridgehead atoms. The lowest BCUT2D eigenvalue weighted by Gasteiger charge is -2.34. The molecule has 0 amide bonds. The molecule has 1 aliphatic rings. The third-order valence-electron chi connectivity index (χ3n) is 4.64. The van der Waals surface area contributed by atoms with Crippen LogP contribution in [0.4, 0.5) is 14.5 Å². The van der Waals surface area contributed by atoms with Gasteiger partial charge in [0.25, 0.3) is 0 Å². The van der Waals surface area contributed by atoms with E-state index in [1.165, 1.54) is 24.3 Å². The van der Waals surface area contributed by atoms with Crippen molar-refractivity contribution in [3.8, 4) is 0 Å². The number of hydrogen-bond donors (Lipinski definition) is 2. The van der Waals surface area contributed by atoms with Crippen LogP contribution >= 0.6 is 0 Å². The van der Waals surface area contributed by atoms with Gasteiger partial charge in [0.05, 0.1) is 12.6 Å². The Balaban J connectivity index is 2.10. The predicted octanol–water partition coefficient (Wildman–Crippen LogP) is 3.16. The highest BCUT2D eigenvalue weighted by atomic mass is 19.1. The van der Waals surface area contributed by atoms with E-state index in [0.717, 1.165) is 11.3 Å². The molecule has 2 aromatic carbocycles. The van der Waals surface area contributed by atoms with Crippen LogP contribution in [0.25, 0.3) is 0 Å². The van der Waals surface area contributed by atoms with E-state index in [2.05, 4.69) is 0 Å². The third-order valence-corrected chi connectivity index (χ3v) is 4.64. The first-order valence-corrected chi connectivity index (χ1v) is 7.94. The predicted molar refractivity (Wildman–Crippen MR) is 89.0 cm³/mol. The Morgan fingerprint density at radius 1 is 1.12 bits per heavy atom. The minimum atomic E-state index is -1.08. The van der Waals surface area contributed by atoms with Crippen molar-refractivity contribution in [1.82, 2.24) is 0 Å². The fourth-order valence-electron chi connectivity index (χ4n) is 3.55. The molecule has 0 unspecified atom stereocenters. The van der Waals surface area contributed by atoms with Gasteiger partial charge in [-0.25, -0.2) is 8.78 Å². The molecule has 2 N–H and O–H groups in total. The summed E-state index contributed by atoms with van der Waals surface area (Å²) >= 11 is 0. The van der Waals surface area contributed by atoms with Crippen LogP contribution in [0.15, 0.2) is 42.5 Å². The first-order chi connectivity index (χ1) is 11.3. The standard InChI is InChI=1S/C19H21F2NO2/c1-19(2)11-22(16-7-6-14(21)9-15(16)19)18(17(24)10-23)12-4-3-5-13(20)8-12/h3-9,17-18,23-24H,10-11H2,1-2H3/t17-,18+/m1/s1. The monoisotopic (exact) mass is 333 g/mol. The molecule has 0 saturated carbocycles. The quantitative estimate of drug-likeness (QED) is 0.903. The molecule has 3 rings (SSSR count). The highest BCUT2D eigenvalue weighted by molar-refractivity contribution is 5.64. The maximum Gasteiger partial charge on any atom is 0.123 e. The Bertz CT molecular complexity index is 748. The Labute approximate surface area is 140 Å². The Morgan fingerprint density at radius 2 is 1.83 bits per heavy atom. The van der Waals surface area contributed by atoms with E-state index in [1.807, 2.05) is 18.7 Å². The van der Waals surface area contributed by atoms with Gasteiger partial charge in [0.1, 0.15) is 17.7 Å². The van der Waals surface area contributed by atoms with Crippen molar-refractivity contribution in [3.63, 3.8) is 0 Å². The number of benzene rings is 2. The smallest absolute Gasteiger partial charge is 0.123 e. The molecule has 0 saturated heterocycles. The van der Waals surface area contributed by atoms with Crippen molar-refractivity contribution in [1.29, 1.82) is 0 Å². The number of aliphatic hydroxyl groups is 2. The number of nitrogens with zero attached hydrogens (tertiary/aromatic N) is 1. The molecule has 0 fully saturated rings. The molecular formula is C19H21F2NO2. The summed E-state index contributed by atoms with van der Waals surface area (Å²) in [6, 6.07) is 9.94. The van der Waals surface area contributed by atoms with Gasteiger partial charge in [0.15, 0.2) is 0 Å². The molecule has 0 aliphatic carbocycles. The Hall–Kier alpha value is -1.98. The molecule has 5 heteroatoms. The molecule has 3 nitrogen and oxygen atoms in total. The first kappa shape index (κ1) is 16.9. The van der Waals surface area contributed by atoms with Crippen molar-refractivity contribution < 1.29 is 19.0 Å². The van der Waals surface area contributed by atoms with E-state index in [1.54, 1.807) is 18.2 Å². The lowest BCUT2D eigenvalue weighted by atomic mass is 9.87. The molecular weight excluding hydrogens is 312 g/mol. The van der Waals surface area contributed by atoms with Crippen LogP contribution in [-0.4, -0.2) is 29.5 Å². The summed E-state index contributed by atoms with van der Waals surface area (Å²) < 4.78 is 27.3. The summed E-state index contributed by atoms with van der Waals surface area (Å²) in [5.74, 6) is -0.714. The van der Waals surface area contributed by atoms with E-state index in [9.17, 15) is 19.0 Å². The average molecular weight is 333 g/mol. The number of rotatable bonds is 4. The van der Waals surface area contributed by atoms with E-state index >= 15 is 0 Å². The van der Waals surface area contributed by atoms with Crippen LogP contribution < -0.4 is 4.90 Å². The van der Waals surface area contributed by atoms with Crippen LogP contribution in [-0.2, 0) is 5.41 Å². The highest BCUT2D eigenvalue weighted by Gasteiger charge is 2.41. The fourth-order valence-corrected chi connectivity index (χ4v) is 3.55. The van der Waals surface area contributed by atoms with Crippen LogP contribution in [0.3, 0.4) is 0 Å². The second-order valence-corrected chi connectivity index (χ2v) is 6.92. The zero-order valence-electron chi connectivity index (χ0n) is 13.7. The maximum atomic E-state index is 13.7. The molecule has 2 atom stereocenters. The molecule has 0 aromatic heterocycles. The maximum absolute atomic E-state index is 13.7. The number of anilines is 1. The van der Waals surface area contributed by atoms with E-state index in [-0.39, 0.29) is 11.2 Å². The van der Waals surface area contributed by atoms with Crippen molar-refractivity contribution >= 4 is 5.69 Å². The minimum Gasteiger partial charge on any atom is -0.394 e. The van der Waals surface area contributed by atoms with Gasteiger partial charge in [-0.05, 0) is 41.5 Å². The second kappa shape index (κ2) is 6.15. The number of aliphatic hydroxyl groups excluding tert-OH is 2. The molecule has 0 radical (unpaired) electrons. The van der Waals surface area contributed by atoms with E-state index in [4.69, 9.17) is 0 Å². The average Bonchev–Trinajstić information content (AvgIpc) is 2.78. The number of hydrogen-bond acceptors (Lipinski definition) is 3. The lowest BCUT2D eigenvalue weighted by molar-refractivity contribution is 0.0709. The molecule has 1 heterocycles. The van der Waals surface area contributed by atoms with Gasteiger partial charge in [-0.15, -0.1) is 0 Å². The second-order valence-electron chi connectivity index (χ2n) is 6.92. The first-order valence-electron chi connectivity index (χ1n) is 7.94. The summed E-state index contributed by atoms with van der Waals surface area (Å²) in [7, 11) is 0. The molecule has 1 aliphatic heterocycles. The van der Waals surface area contributed by atoms with Crippen LogP contribution in [0.5, 0.6) is 0 Å². The highest BCUT2D eigenvalue weighted by Crippen LogP contribution is 2.45. The van der Waals surface area contributed by atoms with E-state index < -0.39 is 24.6 Å². The number of halogens is 2. The normalized spacial score (nSPS) is 18.3. The van der Waals surface area contributed by atoms with Crippen LogP contribution in [0.1, 0.15) is 31.0 Å². The van der Waals surface area contributed by atoms with Gasteiger partial charge < -0.3 is 15.1 Å². The number of fused-ring (bicyclic) bond motifs is 1. The minimum absolute atomic E-state index is 0.311. The van der Waals surface area contributed by atoms with Gasteiger partial charge >= 0.3 is 0 Å².